The Balaban J connectivity index is 1.89. The van der Waals surface area contributed by atoms with Gasteiger partial charge in [0.05, 0.1) is 23.4 Å². The van der Waals surface area contributed by atoms with E-state index in [4.69, 9.17) is 23.2 Å². The summed E-state index contributed by atoms with van der Waals surface area (Å²) in [6, 6.07) is 6.97. The largest absolute Gasteiger partial charge is 0.389 e. The van der Waals surface area contributed by atoms with Crippen LogP contribution in [0, 0.1) is 0 Å². The van der Waals surface area contributed by atoms with Crippen LogP contribution in [0.2, 0.25) is 10.0 Å². The Labute approximate surface area is 115 Å². The summed E-state index contributed by atoms with van der Waals surface area (Å²) in [6.07, 6.45) is 2.92. The van der Waals surface area contributed by atoms with Crippen molar-refractivity contribution in [1.82, 2.24) is 9.78 Å². The predicted octanol–water partition coefficient (Wildman–Crippen LogP) is 2.66. The molecule has 2 aromatic rings. The second-order valence-corrected chi connectivity index (χ2v) is 4.73. The van der Waals surface area contributed by atoms with E-state index in [1.807, 2.05) is 6.07 Å². The molecule has 0 amide bonds. The zero-order valence-electron chi connectivity index (χ0n) is 9.55. The van der Waals surface area contributed by atoms with Crippen LogP contribution in [0.1, 0.15) is 0 Å². The molecule has 1 aromatic heterocycles. The van der Waals surface area contributed by atoms with Crippen molar-refractivity contribution in [2.45, 2.75) is 12.6 Å². The van der Waals surface area contributed by atoms with E-state index in [-0.39, 0.29) is 0 Å². The second-order valence-electron chi connectivity index (χ2n) is 3.89. The molecule has 1 unspecified atom stereocenters. The van der Waals surface area contributed by atoms with Gasteiger partial charge in [0.15, 0.2) is 0 Å². The zero-order chi connectivity index (χ0) is 13.0. The first-order valence-electron chi connectivity index (χ1n) is 5.49. The number of aliphatic hydroxyl groups is 1. The van der Waals surface area contributed by atoms with Crippen molar-refractivity contribution < 1.29 is 5.11 Å². The van der Waals surface area contributed by atoms with Gasteiger partial charge in [-0.1, -0.05) is 23.2 Å². The first-order chi connectivity index (χ1) is 8.65. The van der Waals surface area contributed by atoms with Crippen molar-refractivity contribution in [3.8, 4) is 0 Å². The number of aliphatic hydroxyl groups excluding tert-OH is 1. The Morgan fingerprint density at radius 2 is 2.22 bits per heavy atom. The average molecular weight is 286 g/mol. The smallest absolute Gasteiger partial charge is 0.0907 e. The average Bonchev–Trinajstić information content (AvgIpc) is 2.83. The van der Waals surface area contributed by atoms with Gasteiger partial charge in [0.1, 0.15) is 0 Å². The van der Waals surface area contributed by atoms with Gasteiger partial charge in [0.25, 0.3) is 0 Å². The number of anilines is 1. The fourth-order valence-electron chi connectivity index (χ4n) is 1.55. The maximum Gasteiger partial charge on any atom is 0.0907 e. The lowest BCUT2D eigenvalue weighted by Crippen LogP contribution is -2.25. The summed E-state index contributed by atoms with van der Waals surface area (Å²) in [7, 11) is 0. The highest BCUT2D eigenvalue weighted by atomic mass is 35.5. The monoisotopic (exact) mass is 285 g/mol. The number of hydrogen-bond donors (Lipinski definition) is 2. The molecule has 0 saturated carbocycles. The molecule has 4 nitrogen and oxygen atoms in total. The van der Waals surface area contributed by atoms with Gasteiger partial charge in [-0.05, 0) is 24.3 Å². The molecular formula is C12H13Cl2N3O. The minimum absolute atomic E-state index is 0.375. The lowest BCUT2D eigenvalue weighted by Gasteiger charge is -2.14. The summed E-state index contributed by atoms with van der Waals surface area (Å²) >= 11 is 11.9. The van der Waals surface area contributed by atoms with Gasteiger partial charge in [-0.15, -0.1) is 0 Å². The minimum Gasteiger partial charge on any atom is -0.389 e. The summed E-state index contributed by atoms with van der Waals surface area (Å²) < 4.78 is 1.67. The van der Waals surface area contributed by atoms with E-state index in [9.17, 15) is 5.11 Å². The van der Waals surface area contributed by atoms with Crippen molar-refractivity contribution in [1.29, 1.82) is 0 Å². The van der Waals surface area contributed by atoms with Crippen LogP contribution >= 0.6 is 23.2 Å². The predicted molar refractivity (Wildman–Crippen MR) is 73.2 cm³/mol. The standard InChI is InChI=1S/C12H13Cl2N3O/c13-9-2-3-11(14)12(6-9)15-7-10(18)8-17-5-1-4-16-17/h1-6,10,15,18H,7-8H2. The Morgan fingerprint density at radius 1 is 1.39 bits per heavy atom. The molecular weight excluding hydrogens is 273 g/mol. The van der Waals surface area contributed by atoms with Crippen molar-refractivity contribution in [3.05, 3.63) is 46.7 Å². The number of aromatic nitrogens is 2. The van der Waals surface area contributed by atoms with Crippen LogP contribution < -0.4 is 5.32 Å². The fraction of sp³-hybridized carbons (Fsp3) is 0.250. The van der Waals surface area contributed by atoms with Gasteiger partial charge in [-0.25, -0.2) is 0 Å². The summed E-state index contributed by atoms with van der Waals surface area (Å²) in [6.45, 7) is 0.804. The number of nitrogens with one attached hydrogen (secondary N) is 1. The van der Waals surface area contributed by atoms with Crippen molar-refractivity contribution >= 4 is 28.9 Å². The molecule has 18 heavy (non-hydrogen) atoms. The van der Waals surface area contributed by atoms with Crippen LogP contribution in [-0.4, -0.2) is 27.5 Å². The highest BCUT2D eigenvalue weighted by Gasteiger charge is 2.07. The van der Waals surface area contributed by atoms with Crippen LogP contribution in [0.15, 0.2) is 36.7 Å². The maximum absolute atomic E-state index is 9.84. The van der Waals surface area contributed by atoms with Crippen LogP contribution in [0.5, 0.6) is 0 Å². The van der Waals surface area contributed by atoms with Crippen LogP contribution in [0.4, 0.5) is 5.69 Å². The molecule has 0 aliphatic rings. The highest BCUT2D eigenvalue weighted by Crippen LogP contribution is 2.25. The second kappa shape index (κ2) is 6.09. The van der Waals surface area contributed by atoms with Crippen molar-refractivity contribution in [2.24, 2.45) is 0 Å². The number of hydrogen-bond acceptors (Lipinski definition) is 3. The Bertz CT molecular complexity index is 502. The van der Waals surface area contributed by atoms with E-state index in [1.165, 1.54) is 0 Å². The van der Waals surface area contributed by atoms with Crippen LogP contribution in [-0.2, 0) is 6.54 Å². The van der Waals surface area contributed by atoms with Gasteiger partial charge in [0, 0.05) is 24.0 Å². The Hall–Kier alpha value is -1.23. The molecule has 1 atom stereocenters. The quantitative estimate of drug-likeness (QED) is 0.888. The maximum atomic E-state index is 9.84. The van der Waals surface area contributed by atoms with E-state index in [0.717, 1.165) is 0 Å². The summed E-state index contributed by atoms with van der Waals surface area (Å²) in [5, 5.41) is 18.1. The molecule has 0 spiro atoms. The lowest BCUT2D eigenvalue weighted by atomic mass is 10.3. The first-order valence-corrected chi connectivity index (χ1v) is 6.25. The third-order valence-corrected chi connectivity index (χ3v) is 2.98. The molecule has 2 rings (SSSR count). The normalized spacial score (nSPS) is 12.4. The fourth-order valence-corrected chi connectivity index (χ4v) is 1.91. The van der Waals surface area contributed by atoms with Crippen LogP contribution in [0.25, 0.3) is 0 Å². The molecule has 1 heterocycles. The third-order valence-electron chi connectivity index (χ3n) is 2.41. The molecule has 0 fully saturated rings. The molecule has 1 aromatic carbocycles. The molecule has 0 aliphatic carbocycles. The van der Waals surface area contributed by atoms with Gasteiger partial charge in [-0.2, -0.15) is 5.10 Å². The number of nitrogens with zero attached hydrogens (tertiary/aromatic N) is 2. The van der Waals surface area contributed by atoms with Gasteiger partial charge >= 0.3 is 0 Å². The van der Waals surface area contributed by atoms with Crippen LogP contribution in [0.3, 0.4) is 0 Å². The minimum atomic E-state index is -0.556. The molecule has 6 heteroatoms. The summed E-state index contributed by atoms with van der Waals surface area (Å²) in [5.41, 5.74) is 0.712. The highest BCUT2D eigenvalue weighted by molar-refractivity contribution is 6.35. The van der Waals surface area contributed by atoms with Crippen molar-refractivity contribution in [3.63, 3.8) is 0 Å². The first kappa shape index (κ1) is 13.2. The number of benzene rings is 1. The SMILES string of the molecule is OC(CNc1cc(Cl)ccc1Cl)Cn1cccn1. The molecule has 0 aliphatic heterocycles. The lowest BCUT2D eigenvalue weighted by molar-refractivity contribution is 0.161. The number of halogens is 2. The summed E-state index contributed by atoms with van der Waals surface area (Å²) in [4.78, 5) is 0. The van der Waals surface area contributed by atoms with Gasteiger partial charge < -0.3 is 10.4 Å². The zero-order valence-corrected chi connectivity index (χ0v) is 11.1. The molecule has 96 valence electrons. The van der Waals surface area contributed by atoms with E-state index in [1.54, 1.807) is 35.3 Å². The van der Waals surface area contributed by atoms with E-state index >= 15 is 0 Å². The van der Waals surface area contributed by atoms with Gasteiger partial charge in [-0.3, -0.25) is 4.68 Å². The van der Waals surface area contributed by atoms with Crippen molar-refractivity contribution in [2.75, 3.05) is 11.9 Å². The van der Waals surface area contributed by atoms with E-state index < -0.39 is 6.10 Å². The summed E-state index contributed by atoms with van der Waals surface area (Å²) in [5.74, 6) is 0. The third kappa shape index (κ3) is 3.63. The molecule has 0 bridgehead atoms. The Morgan fingerprint density at radius 3 is 2.94 bits per heavy atom. The van der Waals surface area contributed by atoms with E-state index in [2.05, 4.69) is 10.4 Å². The molecule has 0 saturated heterocycles. The van der Waals surface area contributed by atoms with Gasteiger partial charge in [0.2, 0.25) is 0 Å². The molecule has 2 N–H and O–H groups in total. The number of rotatable bonds is 5. The Kier molecular flexibility index (Phi) is 4.47. The van der Waals surface area contributed by atoms with E-state index in [0.29, 0.717) is 28.8 Å². The molecule has 0 radical (unpaired) electrons. The topological polar surface area (TPSA) is 50.1 Å².